The molecule has 1 amide bonds. The van der Waals surface area contributed by atoms with Gasteiger partial charge < -0.3 is 19.1 Å². The number of fused-ring (bicyclic) bond motifs is 1. The summed E-state index contributed by atoms with van der Waals surface area (Å²) in [6, 6.07) is 4.79. The number of rotatable bonds is 4. The number of amides is 1. The number of benzene rings is 1. The van der Waals surface area contributed by atoms with Gasteiger partial charge in [0.15, 0.2) is 0 Å². The fourth-order valence-electron chi connectivity index (χ4n) is 4.42. The van der Waals surface area contributed by atoms with E-state index in [1.807, 2.05) is 11.9 Å². The number of nitrogens with zero attached hydrogens (tertiary/aromatic N) is 4. The quantitative estimate of drug-likeness (QED) is 0.714. The summed E-state index contributed by atoms with van der Waals surface area (Å²) in [5, 5.41) is 0. The summed E-state index contributed by atoms with van der Waals surface area (Å²) in [5.41, 5.74) is 1.11. The Balaban J connectivity index is 1.62. The summed E-state index contributed by atoms with van der Waals surface area (Å²) in [6.45, 7) is 4.38. The largest absolute Gasteiger partial charge is 0.496 e. The van der Waals surface area contributed by atoms with Gasteiger partial charge in [-0.1, -0.05) is 0 Å². The van der Waals surface area contributed by atoms with Crippen molar-refractivity contribution in [3.63, 3.8) is 0 Å². The number of piperazine rings is 1. The fourth-order valence-corrected chi connectivity index (χ4v) is 4.42. The van der Waals surface area contributed by atoms with Crippen LogP contribution in [-0.4, -0.2) is 78.6 Å². The maximum Gasteiger partial charge on any atom is 0.259 e. The minimum Gasteiger partial charge on any atom is -0.496 e. The lowest BCUT2D eigenvalue weighted by atomic mass is 10.1. The molecular weight excluding hydrogens is 418 g/mol. The van der Waals surface area contributed by atoms with E-state index in [-0.39, 0.29) is 29.3 Å². The number of hydrogen-bond donors (Lipinski definition) is 0. The van der Waals surface area contributed by atoms with Crippen LogP contribution in [0.4, 0.5) is 8.78 Å². The number of aromatic nitrogens is 1. The predicted octanol–water partition coefficient (Wildman–Crippen LogP) is 1.58. The van der Waals surface area contributed by atoms with Crippen LogP contribution in [0.1, 0.15) is 21.6 Å². The summed E-state index contributed by atoms with van der Waals surface area (Å²) >= 11 is 0. The Morgan fingerprint density at radius 1 is 1.03 bits per heavy atom. The molecule has 0 N–H and O–H groups in total. The van der Waals surface area contributed by atoms with E-state index in [1.165, 1.54) is 19.2 Å². The third-order valence-electron chi connectivity index (χ3n) is 6.31. The van der Waals surface area contributed by atoms with Gasteiger partial charge in [0.2, 0.25) is 0 Å². The van der Waals surface area contributed by atoms with Crippen LogP contribution in [0.3, 0.4) is 0 Å². The summed E-state index contributed by atoms with van der Waals surface area (Å²) < 4.78 is 34.8. The average molecular weight is 446 g/mol. The number of pyridine rings is 1. The van der Waals surface area contributed by atoms with Crippen molar-refractivity contribution >= 4 is 5.91 Å². The van der Waals surface area contributed by atoms with Crippen molar-refractivity contribution in [2.75, 3.05) is 53.4 Å². The molecule has 0 radical (unpaired) electrons. The topological polar surface area (TPSA) is 58.0 Å². The Bertz CT molecular complexity index is 1060. The maximum absolute atomic E-state index is 14.1. The first-order valence-corrected chi connectivity index (χ1v) is 10.8. The first-order chi connectivity index (χ1) is 15.4. The smallest absolute Gasteiger partial charge is 0.259 e. The molecule has 7 nitrogen and oxygen atoms in total. The van der Waals surface area contributed by atoms with E-state index in [4.69, 9.17) is 4.74 Å². The molecule has 9 heteroatoms. The molecule has 0 saturated carbocycles. The van der Waals surface area contributed by atoms with Crippen LogP contribution in [0.5, 0.6) is 5.75 Å². The molecule has 2 aliphatic rings. The van der Waals surface area contributed by atoms with Crippen LogP contribution in [0.2, 0.25) is 0 Å². The summed E-state index contributed by atoms with van der Waals surface area (Å²) in [5.74, 6) is -0.795. The highest BCUT2D eigenvalue weighted by molar-refractivity contribution is 5.98. The molecule has 0 atom stereocenters. The van der Waals surface area contributed by atoms with Gasteiger partial charge in [0, 0.05) is 76.1 Å². The highest BCUT2D eigenvalue weighted by Crippen LogP contribution is 2.25. The zero-order valence-corrected chi connectivity index (χ0v) is 18.4. The van der Waals surface area contributed by atoms with E-state index in [0.29, 0.717) is 50.4 Å². The lowest BCUT2D eigenvalue weighted by Gasteiger charge is -2.33. The second kappa shape index (κ2) is 9.38. The fraction of sp³-hybridized carbons (Fsp3) is 0.478. The Labute approximate surface area is 185 Å². The van der Waals surface area contributed by atoms with Crippen LogP contribution in [-0.2, 0) is 19.5 Å². The normalized spacial score (nSPS) is 17.7. The standard InChI is InChI=1S/C23H28F2N4O3/c1-26-7-10-28(11-8-26)23(31)22-19-5-6-27(15-16-13-17(24)3-4-18(16)25)9-12-29(19)21(30)14-20(22)32-2/h3-4,13-14H,5-12,15H2,1-2H3. The highest BCUT2D eigenvalue weighted by Gasteiger charge is 2.29. The average Bonchev–Trinajstić information content (AvgIpc) is 2.99. The molecule has 2 aliphatic heterocycles. The van der Waals surface area contributed by atoms with Crippen molar-refractivity contribution in [3.05, 3.63) is 63.1 Å². The highest BCUT2D eigenvalue weighted by atomic mass is 19.1. The van der Waals surface area contributed by atoms with Crippen molar-refractivity contribution in [2.24, 2.45) is 0 Å². The lowest BCUT2D eigenvalue weighted by Crippen LogP contribution is -2.47. The van der Waals surface area contributed by atoms with E-state index in [0.717, 1.165) is 25.2 Å². The molecular formula is C23H28F2N4O3. The lowest BCUT2D eigenvalue weighted by molar-refractivity contribution is 0.0658. The van der Waals surface area contributed by atoms with Crippen LogP contribution < -0.4 is 10.3 Å². The summed E-state index contributed by atoms with van der Waals surface area (Å²) in [4.78, 5) is 32.2. The van der Waals surface area contributed by atoms with E-state index in [1.54, 1.807) is 9.47 Å². The molecule has 172 valence electrons. The van der Waals surface area contributed by atoms with Crippen molar-refractivity contribution in [2.45, 2.75) is 19.5 Å². The van der Waals surface area contributed by atoms with Crippen molar-refractivity contribution < 1.29 is 18.3 Å². The minimum absolute atomic E-state index is 0.136. The Morgan fingerprint density at radius 3 is 2.50 bits per heavy atom. The van der Waals surface area contributed by atoms with E-state index >= 15 is 0 Å². The molecule has 3 heterocycles. The van der Waals surface area contributed by atoms with Crippen LogP contribution in [0.25, 0.3) is 0 Å². The van der Waals surface area contributed by atoms with E-state index in [9.17, 15) is 18.4 Å². The third kappa shape index (κ3) is 4.54. The number of likely N-dealkylation sites (N-methyl/N-ethyl adjacent to an activating group) is 1. The predicted molar refractivity (Wildman–Crippen MR) is 116 cm³/mol. The summed E-state index contributed by atoms with van der Waals surface area (Å²) in [7, 11) is 3.48. The molecule has 1 saturated heterocycles. The Hall–Kier alpha value is -2.78. The van der Waals surface area contributed by atoms with Crippen molar-refractivity contribution in [3.8, 4) is 5.75 Å². The first-order valence-electron chi connectivity index (χ1n) is 10.8. The van der Waals surface area contributed by atoms with Gasteiger partial charge in [-0.05, 0) is 25.2 Å². The maximum atomic E-state index is 14.1. The van der Waals surface area contributed by atoms with Gasteiger partial charge in [0.05, 0.1) is 7.11 Å². The second-order valence-electron chi connectivity index (χ2n) is 8.38. The van der Waals surface area contributed by atoms with Gasteiger partial charge in [-0.15, -0.1) is 0 Å². The van der Waals surface area contributed by atoms with Gasteiger partial charge in [0.1, 0.15) is 22.9 Å². The molecule has 32 heavy (non-hydrogen) atoms. The molecule has 0 unspecified atom stereocenters. The van der Waals surface area contributed by atoms with Crippen LogP contribution in [0.15, 0.2) is 29.1 Å². The Morgan fingerprint density at radius 2 is 1.78 bits per heavy atom. The molecule has 0 spiro atoms. The zero-order valence-electron chi connectivity index (χ0n) is 18.4. The molecule has 0 bridgehead atoms. The molecule has 1 aromatic heterocycles. The molecule has 1 fully saturated rings. The van der Waals surface area contributed by atoms with Gasteiger partial charge in [-0.25, -0.2) is 8.78 Å². The van der Waals surface area contributed by atoms with Crippen LogP contribution >= 0.6 is 0 Å². The molecule has 1 aromatic carbocycles. The van der Waals surface area contributed by atoms with Gasteiger partial charge in [-0.2, -0.15) is 0 Å². The number of hydrogen-bond acceptors (Lipinski definition) is 5. The van der Waals surface area contributed by atoms with E-state index in [2.05, 4.69) is 4.90 Å². The van der Waals surface area contributed by atoms with Gasteiger partial charge in [0.25, 0.3) is 11.5 Å². The van der Waals surface area contributed by atoms with Crippen molar-refractivity contribution in [1.82, 2.24) is 19.3 Å². The van der Waals surface area contributed by atoms with Gasteiger partial charge >= 0.3 is 0 Å². The SMILES string of the molecule is COc1cc(=O)n2c(c1C(=O)N1CCN(C)CC1)CCN(Cc1cc(F)ccc1F)CC2. The number of halogens is 2. The number of methoxy groups -OCH3 is 1. The van der Waals surface area contributed by atoms with E-state index < -0.39 is 11.6 Å². The molecule has 0 aliphatic carbocycles. The molecule has 4 rings (SSSR count). The second-order valence-corrected chi connectivity index (χ2v) is 8.38. The monoisotopic (exact) mass is 446 g/mol. The van der Waals surface area contributed by atoms with Gasteiger partial charge in [-0.3, -0.25) is 14.5 Å². The first kappa shape index (κ1) is 22.4. The zero-order chi connectivity index (χ0) is 22.8. The number of carbonyl (C=O) groups is 1. The number of carbonyl (C=O) groups excluding carboxylic acids is 1. The van der Waals surface area contributed by atoms with Crippen molar-refractivity contribution in [1.29, 1.82) is 0 Å². The molecule has 2 aromatic rings. The van der Waals surface area contributed by atoms with Crippen LogP contribution in [0, 0.1) is 11.6 Å². The minimum atomic E-state index is -0.486. The summed E-state index contributed by atoms with van der Waals surface area (Å²) in [6.07, 6.45) is 0.429. The number of ether oxygens (including phenoxy) is 1. The Kier molecular flexibility index (Phi) is 6.57. The third-order valence-corrected chi connectivity index (χ3v) is 6.31.